The first-order valence-electron chi connectivity index (χ1n) is 10.1. The van der Waals surface area contributed by atoms with E-state index in [1.807, 2.05) is 60.9 Å². The largest absolute Gasteiger partial charge is 0.465 e. The summed E-state index contributed by atoms with van der Waals surface area (Å²) in [6.45, 7) is 4.36. The molecule has 0 unspecified atom stereocenters. The predicted molar refractivity (Wildman–Crippen MR) is 129 cm³/mol. The molecule has 32 heavy (non-hydrogen) atoms. The van der Waals surface area contributed by atoms with Gasteiger partial charge in [-0.05, 0) is 42.3 Å². The summed E-state index contributed by atoms with van der Waals surface area (Å²) in [5.74, 6) is 0.0831. The van der Waals surface area contributed by atoms with Crippen LogP contribution < -0.4 is 5.63 Å². The standard InChI is InChI=1S/C24H21BrN2O4S/c1-15(2)13-30-22(28)14-32-24-26-20(12-27(24)18-9-7-17(25)8-10-18)19-11-16-5-3-4-6-21(16)31-23(19)29/h3-12,15H,13-14H2,1-2H3. The number of aromatic nitrogens is 2. The van der Waals surface area contributed by atoms with Gasteiger partial charge in [-0.3, -0.25) is 9.36 Å². The SMILES string of the molecule is CC(C)COC(=O)CSc1nc(-c2cc3ccccc3oc2=O)cn1-c1ccc(Br)cc1. The molecule has 0 saturated heterocycles. The Bertz CT molecular complexity index is 1310. The van der Waals surface area contributed by atoms with Gasteiger partial charge in [0.2, 0.25) is 0 Å². The van der Waals surface area contributed by atoms with E-state index in [9.17, 15) is 9.59 Å². The van der Waals surface area contributed by atoms with E-state index < -0.39 is 5.63 Å². The molecule has 2 aromatic heterocycles. The summed E-state index contributed by atoms with van der Waals surface area (Å²) >= 11 is 4.71. The number of hydrogen-bond acceptors (Lipinski definition) is 6. The second kappa shape index (κ2) is 9.75. The average molecular weight is 513 g/mol. The molecular weight excluding hydrogens is 492 g/mol. The summed E-state index contributed by atoms with van der Waals surface area (Å²) in [6, 6.07) is 16.8. The first kappa shape index (κ1) is 22.4. The minimum atomic E-state index is -0.461. The summed E-state index contributed by atoms with van der Waals surface area (Å²) in [5.41, 5.74) is 1.76. The Balaban J connectivity index is 1.71. The molecule has 0 saturated carbocycles. The lowest BCUT2D eigenvalue weighted by Gasteiger charge is -2.08. The molecule has 4 rings (SSSR count). The Morgan fingerprint density at radius 2 is 1.94 bits per heavy atom. The van der Waals surface area contributed by atoms with Crippen LogP contribution in [0.1, 0.15) is 13.8 Å². The number of esters is 1. The Kier molecular flexibility index (Phi) is 6.81. The highest BCUT2D eigenvalue weighted by molar-refractivity contribution is 9.10. The van der Waals surface area contributed by atoms with Crippen molar-refractivity contribution in [3.63, 3.8) is 0 Å². The number of halogens is 1. The highest BCUT2D eigenvalue weighted by Crippen LogP contribution is 2.28. The zero-order valence-corrected chi connectivity index (χ0v) is 20.0. The van der Waals surface area contributed by atoms with Crippen LogP contribution in [0.25, 0.3) is 27.9 Å². The van der Waals surface area contributed by atoms with Crippen molar-refractivity contribution < 1.29 is 13.9 Å². The zero-order chi connectivity index (χ0) is 22.7. The van der Waals surface area contributed by atoms with Gasteiger partial charge in [0, 0.05) is 21.7 Å². The molecule has 0 atom stereocenters. The molecule has 0 fully saturated rings. The van der Waals surface area contributed by atoms with Crippen LogP contribution in [0.15, 0.2) is 79.6 Å². The van der Waals surface area contributed by atoms with E-state index in [1.54, 1.807) is 18.3 Å². The summed E-state index contributed by atoms with van der Waals surface area (Å²) in [6.07, 6.45) is 1.78. The summed E-state index contributed by atoms with van der Waals surface area (Å²) < 4.78 is 13.6. The molecule has 0 aliphatic carbocycles. The van der Waals surface area contributed by atoms with Gasteiger partial charge in [-0.25, -0.2) is 9.78 Å². The monoisotopic (exact) mass is 512 g/mol. The molecule has 0 bridgehead atoms. The molecule has 4 aromatic rings. The second-order valence-corrected chi connectivity index (χ2v) is 9.46. The number of ether oxygens (including phenoxy) is 1. The molecule has 0 N–H and O–H groups in total. The maximum atomic E-state index is 12.6. The van der Waals surface area contributed by atoms with Crippen LogP contribution in [0, 0.1) is 5.92 Å². The fourth-order valence-electron chi connectivity index (χ4n) is 3.05. The molecule has 0 aliphatic heterocycles. The first-order valence-corrected chi connectivity index (χ1v) is 11.9. The number of fused-ring (bicyclic) bond motifs is 1. The molecule has 6 nitrogen and oxygen atoms in total. The molecule has 2 aromatic carbocycles. The number of rotatable bonds is 7. The van der Waals surface area contributed by atoms with Gasteiger partial charge < -0.3 is 9.15 Å². The lowest BCUT2D eigenvalue weighted by atomic mass is 10.1. The first-order chi connectivity index (χ1) is 15.4. The summed E-state index contributed by atoms with van der Waals surface area (Å²) in [7, 11) is 0. The number of carbonyl (C=O) groups is 1. The highest BCUT2D eigenvalue weighted by atomic mass is 79.9. The molecule has 0 radical (unpaired) electrons. The van der Waals surface area contributed by atoms with Gasteiger partial charge in [0.05, 0.1) is 23.6 Å². The molecule has 0 spiro atoms. The number of hydrogen-bond donors (Lipinski definition) is 0. The van der Waals surface area contributed by atoms with Gasteiger partial charge >= 0.3 is 11.6 Å². The van der Waals surface area contributed by atoms with Crippen molar-refractivity contribution in [2.24, 2.45) is 5.92 Å². The van der Waals surface area contributed by atoms with Crippen molar-refractivity contribution in [2.45, 2.75) is 19.0 Å². The maximum Gasteiger partial charge on any atom is 0.345 e. The topological polar surface area (TPSA) is 74.3 Å². The van der Waals surface area contributed by atoms with E-state index in [0.29, 0.717) is 28.6 Å². The van der Waals surface area contributed by atoms with E-state index >= 15 is 0 Å². The number of benzene rings is 2. The van der Waals surface area contributed by atoms with Crippen molar-refractivity contribution in [3.05, 3.63) is 75.7 Å². The van der Waals surface area contributed by atoms with Gasteiger partial charge in [-0.1, -0.05) is 59.7 Å². The van der Waals surface area contributed by atoms with Gasteiger partial charge in [0.15, 0.2) is 5.16 Å². The lowest BCUT2D eigenvalue weighted by molar-refractivity contribution is -0.141. The number of para-hydroxylation sites is 1. The smallest absolute Gasteiger partial charge is 0.345 e. The van der Waals surface area contributed by atoms with Gasteiger partial charge in [0.1, 0.15) is 5.58 Å². The van der Waals surface area contributed by atoms with Crippen LogP contribution in [0.2, 0.25) is 0 Å². The number of imidazole rings is 1. The van der Waals surface area contributed by atoms with Crippen molar-refractivity contribution in [1.29, 1.82) is 0 Å². The number of nitrogens with zero attached hydrogens (tertiary/aromatic N) is 2. The third kappa shape index (κ3) is 5.14. The third-order valence-electron chi connectivity index (χ3n) is 4.59. The average Bonchev–Trinajstić information content (AvgIpc) is 3.20. The van der Waals surface area contributed by atoms with E-state index in [1.165, 1.54) is 11.8 Å². The number of carbonyl (C=O) groups excluding carboxylic acids is 1. The van der Waals surface area contributed by atoms with Crippen LogP contribution >= 0.6 is 27.7 Å². The molecule has 0 amide bonds. The van der Waals surface area contributed by atoms with Crippen LogP contribution in [-0.4, -0.2) is 27.9 Å². The number of thioether (sulfide) groups is 1. The fraction of sp³-hybridized carbons (Fsp3) is 0.208. The van der Waals surface area contributed by atoms with Crippen LogP contribution in [0.5, 0.6) is 0 Å². The summed E-state index contributed by atoms with van der Waals surface area (Å²) in [5, 5.41) is 1.39. The normalized spacial score (nSPS) is 11.2. The van der Waals surface area contributed by atoms with Crippen LogP contribution in [0.4, 0.5) is 0 Å². The Hall–Kier alpha value is -2.84. The predicted octanol–water partition coefficient (Wildman–Crippen LogP) is 5.70. The van der Waals surface area contributed by atoms with Crippen molar-refractivity contribution in [1.82, 2.24) is 9.55 Å². The molecular formula is C24H21BrN2O4S. The van der Waals surface area contributed by atoms with E-state index in [0.717, 1.165) is 15.5 Å². The van der Waals surface area contributed by atoms with Gasteiger partial charge in [0.25, 0.3) is 0 Å². The Morgan fingerprint density at radius 1 is 1.19 bits per heavy atom. The highest BCUT2D eigenvalue weighted by Gasteiger charge is 2.17. The lowest BCUT2D eigenvalue weighted by Crippen LogP contribution is -2.12. The fourth-order valence-corrected chi connectivity index (χ4v) is 4.10. The van der Waals surface area contributed by atoms with Gasteiger partial charge in [-0.15, -0.1) is 0 Å². The minimum absolute atomic E-state index is 0.117. The second-order valence-electron chi connectivity index (χ2n) is 7.61. The minimum Gasteiger partial charge on any atom is -0.465 e. The van der Waals surface area contributed by atoms with Crippen molar-refractivity contribution >= 4 is 44.6 Å². The van der Waals surface area contributed by atoms with E-state index in [4.69, 9.17) is 9.15 Å². The summed E-state index contributed by atoms with van der Waals surface area (Å²) in [4.78, 5) is 29.4. The Morgan fingerprint density at radius 3 is 2.69 bits per heavy atom. The zero-order valence-electron chi connectivity index (χ0n) is 17.6. The van der Waals surface area contributed by atoms with Crippen LogP contribution in [-0.2, 0) is 9.53 Å². The molecule has 164 valence electrons. The maximum absolute atomic E-state index is 12.6. The van der Waals surface area contributed by atoms with Crippen molar-refractivity contribution in [2.75, 3.05) is 12.4 Å². The molecule has 2 heterocycles. The molecule has 0 aliphatic rings. The van der Waals surface area contributed by atoms with E-state index in [2.05, 4.69) is 20.9 Å². The quantitative estimate of drug-likeness (QED) is 0.179. The third-order valence-corrected chi connectivity index (χ3v) is 6.05. The van der Waals surface area contributed by atoms with Crippen molar-refractivity contribution in [3.8, 4) is 16.9 Å². The van der Waals surface area contributed by atoms with Gasteiger partial charge in [-0.2, -0.15) is 0 Å². The molecule has 8 heteroatoms. The van der Waals surface area contributed by atoms with Crippen LogP contribution in [0.3, 0.4) is 0 Å². The van der Waals surface area contributed by atoms with E-state index in [-0.39, 0.29) is 17.6 Å². The Labute approximate surface area is 197 Å².